The third-order valence-electron chi connectivity index (χ3n) is 4.45. The van der Waals surface area contributed by atoms with Crippen LogP contribution in [0.3, 0.4) is 0 Å². The third kappa shape index (κ3) is 4.77. The topological polar surface area (TPSA) is 63.6 Å². The molecule has 1 unspecified atom stereocenters. The van der Waals surface area contributed by atoms with Crippen molar-refractivity contribution in [3.63, 3.8) is 0 Å². The summed E-state index contributed by atoms with van der Waals surface area (Å²) < 4.78 is 20.0. The van der Waals surface area contributed by atoms with Gasteiger partial charge in [-0.15, -0.1) is 0 Å². The van der Waals surface area contributed by atoms with Crippen LogP contribution >= 0.6 is 0 Å². The molecule has 0 aliphatic carbocycles. The van der Waals surface area contributed by atoms with Crippen molar-refractivity contribution >= 4 is 5.91 Å². The molecule has 26 heavy (non-hydrogen) atoms. The molecule has 1 amide bonds. The molecular formula is C19H22FN3O3. The van der Waals surface area contributed by atoms with Crippen molar-refractivity contribution in [3.8, 4) is 0 Å². The van der Waals surface area contributed by atoms with Crippen molar-refractivity contribution in [2.75, 3.05) is 32.8 Å². The standard InChI is InChI=1S/C19H22FN3O3/c20-16-6-4-15(5-7-16)17(22-9-11-26-12-10-22)13-21-18(24)14-23-8-2-1-3-19(23)25/h1-8,17H,9-14H2,(H,21,24). The first-order valence-corrected chi connectivity index (χ1v) is 8.63. The van der Waals surface area contributed by atoms with E-state index in [1.165, 1.54) is 22.8 Å². The fourth-order valence-electron chi connectivity index (χ4n) is 3.04. The van der Waals surface area contributed by atoms with Crippen LogP contribution in [0.1, 0.15) is 11.6 Å². The monoisotopic (exact) mass is 359 g/mol. The number of pyridine rings is 1. The van der Waals surface area contributed by atoms with E-state index in [1.54, 1.807) is 30.5 Å². The van der Waals surface area contributed by atoms with E-state index in [9.17, 15) is 14.0 Å². The Morgan fingerprint density at radius 2 is 1.88 bits per heavy atom. The summed E-state index contributed by atoms with van der Waals surface area (Å²) in [6.07, 6.45) is 1.58. The van der Waals surface area contributed by atoms with Gasteiger partial charge in [0.15, 0.2) is 0 Å². The van der Waals surface area contributed by atoms with E-state index in [0.29, 0.717) is 19.8 Å². The van der Waals surface area contributed by atoms with Crippen LogP contribution in [-0.4, -0.2) is 48.2 Å². The molecule has 138 valence electrons. The lowest BCUT2D eigenvalue weighted by Crippen LogP contribution is -2.44. The second-order valence-corrected chi connectivity index (χ2v) is 6.19. The molecule has 1 aliphatic heterocycles. The first-order chi connectivity index (χ1) is 12.6. The van der Waals surface area contributed by atoms with Crippen molar-refractivity contribution in [1.82, 2.24) is 14.8 Å². The van der Waals surface area contributed by atoms with Crippen molar-refractivity contribution < 1.29 is 13.9 Å². The molecule has 0 bridgehead atoms. The highest BCUT2D eigenvalue weighted by Crippen LogP contribution is 2.21. The van der Waals surface area contributed by atoms with Crippen LogP contribution in [0.25, 0.3) is 0 Å². The normalized spacial score (nSPS) is 16.2. The smallest absolute Gasteiger partial charge is 0.250 e. The average molecular weight is 359 g/mol. The lowest BCUT2D eigenvalue weighted by atomic mass is 10.0. The number of nitrogens with zero attached hydrogens (tertiary/aromatic N) is 2. The Hall–Kier alpha value is -2.51. The molecular weight excluding hydrogens is 337 g/mol. The Kier molecular flexibility index (Phi) is 6.14. The number of morpholine rings is 1. The molecule has 7 heteroatoms. The van der Waals surface area contributed by atoms with E-state index < -0.39 is 0 Å². The molecule has 6 nitrogen and oxygen atoms in total. The summed E-state index contributed by atoms with van der Waals surface area (Å²) >= 11 is 0. The summed E-state index contributed by atoms with van der Waals surface area (Å²) in [5.41, 5.74) is 0.719. The SMILES string of the molecule is O=C(Cn1ccccc1=O)NCC(c1ccc(F)cc1)N1CCOCC1. The first-order valence-electron chi connectivity index (χ1n) is 8.63. The highest BCUT2D eigenvalue weighted by atomic mass is 19.1. The van der Waals surface area contributed by atoms with E-state index in [-0.39, 0.29) is 29.9 Å². The van der Waals surface area contributed by atoms with Crippen LogP contribution in [0, 0.1) is 5.82 Å². The quantitative estimate of drug-likeness (QED) is 0.841. The van der Waals surface area contributed by atoms with Gasteiger partial charge in [-0.2, -0.15) is 0 Å². The molecule has 1 aliphatic rings. The van der Waals surface area contributed by atoms with Crippen LogP contribution < -0.4 is 10.9 Å². The molecule has 3 rings (SSSR count). The lowest BCUT2D eigenvalue weighted by Gasteiger charge is -2.35. The Balaban J connectivity index is 1.67. The molecule has 1 atom stereocenters. The van der Waals surface area contributed by atoms with E-state index in [4.69, 9.17) is 4.74 Å². The van der Waals surface area contributed by atoms with Crippen LogP contribution in [0.5, 0.6) is 0 Å². The van der Waals surface area contributed by atoms with Gasteiger partial charge in [-0.3, -0.25) is 14.5 Å². The Morgan fingerprint density at radius 3 is 2.58 bits per heavy atom. The molecule has 1 saturated heterocycles. The molecule has 2 aromatic rings. The summed E-state index contributed by atoms with van der Waals surface area (Å²) in [6.45, 7) is 3.10. The number of hydrogen-bond donors (Lipinski definition) is 1. The number of carbonyl (C=O) groups excluding carboxylic acids is 1. The summed E-state index contributed by atoms with van der Waals surface area (Å²) in [5, 5.41) is 2.89. The summed E-state index contributed by atoms with van der Waals surface area (Å²) in [7, 11) is 0. The van der Waals surface area contributed by atoms with Crippen molar-refractivity contribution in [1.29, 1.82) is 0 Å². The molecule has 1 N–H and O–H groups in total. The van der Waals surface area contributed by atoms with Crippen molar-refractivity contribution in [2.45, 2.75) is 12.6 Å². The lowest BCUT2D eigenvalue weighted by molar-refractivity contribution is -0.122. The third-order valence-corrected chi connectivity index (χ3v) is 4.45. The van der Waals surface area contributed by atoms with E-state index in [1.807, 2.05) is 0 Å². The van der Waals surface area contributed by atoms with Gasteiger partial charge >= 0.3 is 0 Å². The van der Waals surface area contributed by atoms with Gasteiger partial charge in [-0.05, 0) is 23.8 Å². The van der Waals surface area contributed by atoms with Crippen LogP contribution in [0.4, 0.5) is 4.39 Å². The van der Waals surface area contributed by atoms with Gasteiger partial charge in [-0.25, -0.2) is 4.39 Å². The molecule has 0 radical (unpaired) electrons. The number of carbonyl (C=O) groups is 1. The predicted molar refractivity (Wildman–Crippen MR) is 95.2 cm³/mol. The second kappa shape index (κ2) is 8.73. The molecule has 1 aromatic heterocycles. The zero-order valence-electron chi connectivity index (χ0n) is 14.4. The average Bonchev–Trinajstić information content (AvgIpc) is 2.66. The highest BCUT2D eigenvalue weighted by molar-refractivity contribution is 5.75. The number of benzene rings is 1. The number of nitrogens with one attached hydrogen (secondary N) is 1. The summed E-state index contributed by atoms with van der Waals surface area (Å²) in [4.78, 5) is 26.2. The minimum Gasteiger partial charge on any atom is -0.379 e. The fraction of sp³-hybridized carbons (Fsp3) is 0.368. The van der Waals surface area contributed by atoms with Crippen LogP contribution in [0.2, 0.25) is 0 Å². The number of hydrogen-bond acceptors (Lipinski definition) is 4. The van der Waals surface area contributed by atoms with Crippen molar-refractivity contribution in [2.24, 2.45) is 0 Å². The van der Waals surface area contributed by atoms with Crippen LogP contribution in [-0.2, 0) is 16.1 Å². The van der Waals surface area contributed by atoms with Gasteiger partial charge in [0.1, 0.15) is 12.4 Å². The maximum absolute atomic E-state index is 13.3. The molecule has 0 saturated carbocycles. The maximum atomic E-state index is 13.3. The predicted octanol–water partition coefficient (Wildman–Crippen LogP) is 1.18. The Labute approximate surface area is 151 Å². The largest absolute Gasteiger partial charge is 0.379 e. The Bertz CT molecular complexity index is 785. The molecule has 0 spiro atoms. The summed E-state index contributed by atoms with van der Waals surface area (Å²) in [6, 6.07) is 11.0. The highest BCUT2D eigenvalue weighted by Gasteiger charge is 2.23. The van der Waals surface area contributed by atoms with E-state index in [2.05, 4.69) is 10.2 Å². The number of halogens is 1. The molecule has 2 heterocycles. The van der Waals surface area contributed by atoms with Gasteiger partial charge in [0.05, 0.1) is 19.3 Å². The maximum Gasteiger partial charge on any atom is 0.250 e. The molecule has 1 fully saturated rings. The van der Waals surface area contributed by atoms with Gasteiger partial charge in [0.2, 0.25) is 5.91 Å². The number of aromatic nitrogens is 1. The number of rotatable bonds is 6. The second-order valence-electron chi connectivity index (χ2n) is 6.19. The minimum atomic E-state index is -0.290. The zero-order chi connectivity index (χ0) is 18.4. The van der Waals surface area contributed by atoms with Gasteiger partial charge < -0.3 is 14.6 Å². The summed E-state index contributed by atoms with van der Waals surface area (Å²) in [5.74, 6) is -0.527. The van der Waals surface area contributed by atoms with Gasteiger partial charge in [0.25, 0.3) is 5.56 Å². The zero-order valence-corrected chi connectivity index (χ0v) is 14.4. The fourth-order valence-corrected chi connectivity index (χ4v) is 3.04. The first kappa shape index (κ1) is 18.3. The Morgan fingerprint density at radius 1 is 1.15 bits per heavy atom. The number of ether oxygens (including phenoxy) is 1. The number of amides is 1. The van der Waals surface area contributed by atoms with Gasteiger partial charge in [-0.1, -0.05) is 18.2 Å². The van der Waals surface area contributed by atoms with E-state index >= 15 is 0 Å². The molecule has 1 aromatic carbocycles. The van der Waals surface area contributed by atoms with Crippen molar-refractivity contribution in [3.05, 3.63) is 70.4 Å². The van der Waals surface area contributed by atoms with E-state index in [0.717, 1.165) is 18.7 Å². The van der Waals surface area contributed by atoms with Gasteiger partial charge in [0, 0.05) is 31.9 Å². The van der Waals surface area contributed by atoms with Crippen LogP contribution in [0.15, 0.2) is 53.5 Å². The minimum absolute atomic E-state index is 0.0288.